The zero-order chi connectivity index (χ0) is 17.8. The number of rotatable bonds is 5. The highest BCUT2D eigenvalue weighted by Crippen LogP contribution is 2.16. The smallest absolute Gasteiger partial charge is 0.287 e. The number of Topliss-reactive ketones (excluding diaryl/α,β-unsaturated/α-hetero) is 1. The summed E-state index contributed by atoms with van der Waals surface area (Å²) in [7, 11) is 0. The predicted molar refractivity (Wildman–Crippen MR) is 99.0 cm³/mol. The molecule has 1 aromatic heterocycles. The van der Waals surface area contributed by atoms with Gasteiger partial charge in [0.25, 0.3) is 5.56 Å². The van der Waals surface area contributed by atoms with Gasteiger partial charge in [-0.2, -0.15) is 0 Å². The fourth-order valence-corrected chi connectivity index (χ4v) is 3.23. The minimum absolute atomic E-state index is 0.0943. The summed E-state index contributed by atoms with van der Waals surface area (Å²) in [6.45, 7) is 0. The maximum atomic E-state index is 13.4. The molecule has 7 heteroatoms. The number of hydrogen-bond acceptors (Lipinski definition) is 4. The Labute approximate surface area is 155 Å². The van der Waals surface area contributed by atoms with E-state index in [1.54, 1.807) is 30.3 Å². The van der Waals surface area contributed by atoms with Gasteiger partial charge in [0.15, 0.2) is 10.8 Å². The van der Waals surface area contributed by atoms with Crippen LogP contribution in [0.5, 0.6) is 0 Å². The van der Waals surface area contributed by atoms with Gasteiger partial charge in [-0.1, -0.05) is 45.9 Å². The van der Waals surface area contributed by atoms with Gasteiger partial charge in [0.2, 0.25) is 0 Å². The highest BCUT2D eigenvalue weighted by atomic mass is 79.9. The van der Waals surface area contributed by atoms with Crippen LogP contribution < -0.4 is 5.56 Å². The van der Waals surface area contributed by atoms with Crippen molar-refractivity contribution in [3.05, 3.63) is 87.1 Å². The number of halogens is 2. The van der Waals surface area contributed by atoms with Crippen molar-refractivity contribution >= 4 is 33.5 Å². The summed E-state index contributed by atoms with van der Waals surface area (Å²) in [4.78, 5) is 28.8. The van der Waals surface area contributed by atoms with E-state index in [0.717, 1.165) is 16.2 Å². The van der Waals surface area contributed by atoms with Crippen LogP contribution in [0.4, 0.5) is 4.39 Å². The first-order chi connectivity index (χ1) is 12.0. The van der Waals surface area contributed by atoms with Crippen LogP contribution in [0.15, 0.2) is 75.2 Å². The third-order valence-corrected chi connectivity index (χ3v) is 4.89. The van der Waals surface area contributed by atoms with E-state index in [1.807, 2.05) is 0 Å². The topological polar surface area (TPSA) is 52.0 Å². The molecule has 3 aromatic rings. The Hall–Kier alpha value is -2.25. The predicted octanol–water partition coefficient (Wildman–Crippen LogP) is 4.11. The van der Waals surface area contributed by atoms with E-state index < -0.39 is 5.82 Å². The van der Waals surface area contributed by atoms with Crippen LogP contribution in [0.3, 0.4) is 0 Å². The third kappa shape index (κ3) is 4.24. The standard InChI is InChI=1S/C18H12BrFN2O2S/c19-13-6-4-12(5-7-13)16(23)11-25-17-18(24)22(9-8-21-17)15-3-1-2-14(20)10-15/h1-10H,11H2. The van der Waals surface area contributed by atoms with Gasteiger partial charge in [-0.05, 0) is 30.3 Å². The van der Waals surface area contributed by atoms with E-state index in [-0.39, 0.29) is 22.1 Å². The normalized spacial score (nSPS) is 10.6. The second kappa shape index (κ2) is 7.76. The molecule has 0 radical (unpaired) electrons. The van der Waals surface area contributed by atoms with Crippen molar-refractivity contribution in [1.82, 2.24) is 9.55 Å². The zero-order valence-corrected chi connectivity index (χ0v) is 15.3. The second-order valence-corrected chi connectivity index (χ2v) is 6.99. The number of hydrogen-bond donors (Lipinski definition) is 0. The fourth-order valence-electron chi connectivity index (χ4n) is 2.17. The van der Waals surface area contributed by atoms with Gasteiger partial charge in [-0.15, -0.1) is 0 Å². The van der Waals surface area contributed by atoms with Gasteiger partial charge in [0.05, 0.1) is 11.4 Å². The second-order valence-electron chi connectivity index (χ2n) is 5.11. The van der Waals surface area contributed by atoms with Crippen LogP contribution in [0.25, 0.3) is 5.69 Å². The molecule has 0 atom stereocenters. The van der Waals surface area contributed by atoms with Gasteiger partial charge in [0.1, 0.15) is 5.82 Å². The van der Waals surface area contributed by atoms with Crippen LogP contribution in [-0.2, 0) is 0 Å². The number of nitrogens with zero attached hydrogens (tertiary/aromatic N) is 2. The monoisotopic (exact) mass is 418 g/mol. The Kier molecular flexibility index (Phi) is 5.45. The van der Waals surface area contributed by atoms with Crippen molar-refractivity contribution in [3.63, 3.8) is 0 Å². The SMILES string of the molecule is O=C(CSc1nccn(-c2cccc(F)c2)c1=O)c1ccc(Br)cc1. The van der Waals surface area contributed by atoms with Gasteiger partial charge < -0.3 is 0 Å². The van der Waals surface area contributed by atoms with Crippen LogP contribution in [0.1, 0.15) is 10.4 Å². The lowest BCUT2D eigenvalue weighted by Gasteiger charge is -2.07. The highest BCUT2D eigenvalue weighted by Gasteiger charge is 2.12. The molecule has 4 nitrogen and oxygen atoms in total. The molecule has 3 rings (SSSR count). The van der Waals surface area contributed by atoms with Crippen molar-refractivity contribution in [2.45, 2.75) is 5.03 Å². The van der Waals surface area contributed by atoms with Crippen LogP contribution in [0.2, 0.25) is 0 Å². The van der Waals surface area contributed by atoms with Crippen molar-refractivity contribution in [2.75, 3.05) is 5.75 Å². The third-order valence-electron chi connectivity index (χ3n) is 3.40. The lowest BCUT2D eigenvalue weighted by Crippen LogP contribution is -2.21. The summed E-state index contributed by atoms with van der Waals surface area (Å²) >= 11 is 4.39. The Morgan fingerprint density at radius 1 is 1.20 bits per heavy atom. The van der Waals surface area contributed by atoms with Gasteiger partial charge in [-0.3, -0.25) is 14.2 Å². The van der Waals surface area contributed by atoms with E-state index >= 15 is 0 Å². The quantitative estimate of drug-likeness (QED) is 0.462. The molecule has 1 heterocycles. The fraction of sp³-hybridized carbons (Fsp3) is 0.0556. The molecule has 126 valence electrons. The van der Waals surface area contributed by atoms with Gasteiger partial charge in [0, 0.05) is 22.4 Å². The van der Waals surface area contributed by atoms with E-state index in [9.17, 15) is 14.0 Å². The Morgan fingerprint density at radius 2 is 1.96 bits per heavy atom. The molecular formula is C18H12BrFN2O2S. The molecule has 2 aromatic carbocycles. The minimum atomic E-state index is -0.430. The summed E-state index contributed by atoms with van der Waals surface area (Å²) in [5.41, 5.74) is 0.590. The Morgan fingerprint density at radius 3 is 2.68 bits per heavy atom. The molecular weight excluding hydrogens is 407 g/mol. The van der Waals surface area contributed by atoms with Gasteiger partial charge >= 0.3 is 0 Å². The van der Waals surface area contributed by atoms with Crippen LogP contribution in [0, 0.1) is 5.82 Å². The molecule has 0 aliphatic rings. The number of benzene rings is 2. The molecule has 0 spiro atoms. The van der Waals surface area contributed by atoms with E-state index in [0.29, 0.717) is 11.3 Å². The van der Waals surface area contributed by atoms with Crippen LogP contribution in [-0.4, -0.2) is 21.1 Å². The Balaban J connectivity index is 1.80. The molecule has 0 bridgehead atoms. The summed E-state index contributed by atoms with van der Waals surface area (Å²) < 4.78 is 15.6. The Bertz CT molecular complexity index is 973. The minimum Gasteiger partial charge on any atom is -0.293 e. The maximum absolute atomic E-state index is 13.4. The van der Waals surface area contributed by atoms with Crippen molar-refractivity contribution < 1.29 is 9.18 Å². The van der Waals surface area contributed by atoms with E-state index in [1.165, 1.54) is 35.2 Å². The molecule has 0 amide bonds. The maximum Gasteiger partial charge on any atom is 0.287 e. The average Bonchev–Trinajstić information content (AvgIpc) is 2.61. The molecule has 0 fully saturated rings. The molecule has 0 N–H and O–H groups in total. The zero-order valence-electron chi connectivity index (χ0n) is 12.9. The first-order valence-corrected chi connectivity index (χ1v) is 9.07. The number of ketones is 1. The lowest BCUT2D eigenvalue weighted by atomic mass is 10.2. The first-order valence-electron chi connectivity index (χ1n) is 7.30. The number of carbonyl (C=O) groups is 1. The number of carbonyl (C=O) groups excluding carboxylic acids is 1. The van der Waals surface area contributed by atoms with Crippen molar-refractivity contribution in [1.29, 1.82) is 0 Å². The van der Waals surface area contributed by atoms with E-state index in [4.69, 9.17) is 0 Å². The van der Waals surface area contributed by atoms with E-state index in [2.05, 4.69) is 20.9 Å². The molecule has 0 unspecified atom stereocenters. The van der Waals surface area contributed by atoms with Gasteiger partial charge in [-0.25, -0.2) is 9.37 Å². The largest absolute Gasteiger partial charge is 0.293 e. The summed E-state index contributed by atoms with van der Waals surface area (Å²) in [5.74, 6) is -0.433. The number of aromatic nitrogens is 2. The molecule has 0 aliphatic carbocycles. The summed E-state index contributed by atoms with van der Waals surface area (Å²) in [6, 6.07) is 12.7. The number of thioether (sulfide) groups is 1. The lowest BCUT2D eigenvalue weighted by molar-refractivity contribution is 0.102. The summed E-state index contributed by atoms with van der Waals surface area (Å²) in [6.07, 6.45) is 2.93. The summed E-state index contributed by atoms with van der Waals surface area (Å²) in [5, 5.41) is 0.192. The van der Waals surface area contributed by atoms with Crippen molar-refractivity contribution in [2.24, 2.45) is 0 Å². The molecule has 0 aliphatic heterocycles. The molecule has 0 saturated heterocycles. The molecule has 0 saturated carbocycles. The van der Waals surface area contributed by atoms with Crippen molar-refractivity contribution in [3.8, 4) is 5.69 Å². The first kappa shape index (κ1) is 17.6. The molecule has 25 heavy (non-hydrogen) atoms. The average molecular weight is 419 g/mol. The van der Waals surface area contributed by atoms with Crippen LogP contribution >= 0.6 is 27.7 Å². The highest BCUT2D eigenvalue weighted by molar-refractivity contribution is 9.10.